The standard InChI is InChI=1S/C45H58Cl2F2N2O13/c1-45(2,3)27-36-38(31-11-10-30(46)26-34(31)48)39(32-7-6-8-33(47)40(32)49)41(50-36)42(52)51-35-12-9-29(25-37(35)56-5)43(53)63-28-64-44(54)62-24-23-61-22-21-60-20-19-59-18-17-58-16-15-57-14-13-55-4/h6-12,25-26,36,38-39,41,50H,13-24,27-28H2,1-5H3,(H,51,52). The van der Waals surface area contributed by atoms with E-state index in [0.29, 0.717) is 65.9 Å². The molecule has 4 unspecified atom stereocenters. The molecule has 64 heavy (non-hydrogen) atoms. The first kappa shape index (κ1) is 52.5. The zero-order valence-corrected chi connectivity index (χ0v) is 38.2. The van der Waals surface area contributed by atoms with Gasteiger partial charge in [0.05, 0.1) is 102 Å². The van der Waals surface area contributed by atoms with Gasteiger partial charge in [0.1, 0.15) is 24.0 Å². The molecule has 1 amide bonds. The number of nitrogens with one attached hydrogen (secondary N) is 2. The van der Waals surface area contributed by atoms with Crippen molar-refractivity contribution in [1.29, 1.82) is 0 Å². The molecular formula is C45H58Cl2F2N2O13. The van der Waals surface area contributed by atoms with Crippen LogP contribution >= 0.6 is 23.2 Å². The lowest BCUT2D eigenvalue weighted by atomic mass is 9.74. The fourth-order valence-corrected chi connectivity index (χ4v) is 7.35. The van der Waals surface area contributed by atoms with E-state index in [1.807, 2.05) is 20.8 Å². The van der Waals surface area contributed by atoms with Crippen LogP contribution in [-0.2, 0) is 47.4 Å². The third-order valence-corrected chi connectivity index (χ3v) is 10.3. The quantitative estimate of drug-likeness (QED) is 0.0437. The number of esters is 1. The molecule has 0 aromatic heterocycles. The third kappa shape index (κ3) is 17.0. The van der Waals surface area contributed by atoms with Gasteiger partial charge in [0.2, 0.25) is 12.7 Å². The highest BCUT2D eigenvalue weighted by Gasteiger charge is 2.50. The molecule has 1 aliphatic rings. The van der Waals surface area contributed by atoms with Gasteiger partial charge >= 0.3 is 12.1 Å². The van der Waals surface area contributed by atoms with Crippen molar-refractivity contribution in [3.63, 3.8) is 0 Å². The van der Waals surface area contributed by atoms with E-state index in [1.54, 1.807) is 25.3 Å². The maximum Gasteiger partial charge on any atom is 0.511 e. The number of hydrogen-bond donors (Lipinski definition) is 2. The Kier molecular flexibility index (Phi) is 22.4. The summed E-state index contributed by atoms with van der Waals surface area (Å²) in [5.74, 6) is -4.29. The minimum atomic E-state index is -1.08. The van der Waals surface area contributed by atoms with E-state index in [0.717, 1.165) is 0 Å². The molecule has 2 N–H and O–H groups in total. The van der Waals surface area contributed by atoms with E-state index in [-0.39, 0.29) is 63.4 Å². The van der Waals surface area contributed by atoms with Crippen LogP contribution in [0.1, 0.15) is 60.5 Å². The van der Waals surface area contributed by atoms with Crippen LogP contribution in [0.2, 0.25) is 10.0 Å². The number of rotatable bonds is 27. The number of benzene rings is 3. The molecule has 0 saturated carbocycles. The summed E-state index contributed by atoms with van der Waals surface area (Å²) in [4.78, 5) is 39.1. The summed E-state index contributed by atoms with van der Waals surface area (Å²) in [6.45, 7) is 9.55. The lowest BCUT2D eigenvalue weighted by Crippen LogP contribution is -2.42. The highest BCUT2D eigenvalue weighted by atomic mass is 35.5. The van der Waals surface area contributed by atoms with Crippen LogP contribution < -0.4 is 15.4 Å². The number of halogens is 4. The zero-order valence-electron chi connectivity index (χ0n) is 36.7. The Morgan fingerprint density at radius 1 is 0.703 bits per heavy atom. The van der Waals surface area contributed by atoms with Crippen LogP contribution in [0.5, 0.6) is 5.75 Å². The minimum absolute atomic E-state index is 0.0139. The fourth-order valence-electron chi connectivity index (χ4n) is 7.01. The van der Waals surface area contributed by atoms with Crippen LogP contribution in [0.4, 0.5) is 19.3 Å². The van der Waals surface area contributed by atoms with Crippen molar-refractivity contribution >= 4 is 46.9 Å². The highest BCUT2D eigenvalue weighted by Crippen LogP contribution is 2.48. The van der Waals surface area contributed by atoms with Crippen LogP contribution in [0.3, 0.4) is 0 Å². The summed E-state index contributed by atoms with van der Waals surface area (Å²) in [6, 6.07) is 11.4. The Balaban J connectivity index is 1.23. The molecule has 0 radical (unpaired) electrons. The molecule has 0 spiro atoms. The summed E-state index contributed by atoms with van der Waals surface area (Å²) < 4.78 is 83.7. The van der Waals surface area contributed by atoms with E-state index < -0.39 is 60.4 Å². The highest BCUT2D eigenvalue weighted by molar-refractivity contribution is 6.31. The third-order valence-electron chi connectivity index (χ3n) is 9.78. The topological polar surface area (TPSA) is 168 Å². The van der Waals surface area contributed by atoms with Crippen molar-refractivity contribution in [2.75, 3.05) is 106 Å². The monoisotopic (exact) mass is 942 g/mol. The maximum atomic E-state index is 15.9. The number of anilines is 1. The smallest absolute Gasteiger partial charge is 0.495 e. The van der Waals surface area contributed by atoms with E-state index in [9.17, 15) is 14.4 Å². The second kappa shape index (κ2) is 27.3. The van der Waals surface area contributed by atoms with Crippen molar-refractivity contribution in [1.82, 2.24) is 5.32 Å². The first-order chi connectivity index (χ1) is 30.7. The van der Waals surface area contributed by atoms with Crippen LogP contribution in [-0.4, -0.2) is 130 Å². The molecule has 4 atom stereocenters. The average molecular weight is 944 g/mol. The van der Waals surface area contributed by atoms with Crippen LogP contribution in [0, 0.1) is 17.0 Å². The number of methoxy groups -OCH3 is 2. The van der Waals surface area contributed by atoms with Gasteiger partial charge in [-0.2, -0.15) is 0 Å². The molecule has 3 aromatic rings. The largest absolute Gasteiger partial charge is 0.511 e. The van der Waals surface area contributed by atoms with Crippen molar-refractivity contribution in [3.8, 4) is 5.75 Å². The Hall–Kier alpha value is -4.17. The first-order valence-electron chi connectivity index (χ1n) is 20.7. The average Bonchev–Trinajstić information content (AvgIpc) is 3.61. The SMILES string of the molecule is COCCOCCOCCOCCOCCOCCOC(=O)OCOC(=O)c1ccc(NC(=O)C2NC(CC(C)(C)C)C(c3ccc(Cl)cc3F)C2c2cccc(Cl)c2F)c(OC)c1. The number of ether oxygens (including phenoxy) is 10. The molecular weight excluding hydrogens is 885 g/mol. The van der Waals surface area contributed by atoms with E-state index >= 15 is 8.78 Å². The normalized spacial score (nSPS) is 17.3. The second-order valence-corrected chi connectivity index (χ2v) is 16.5. The predicted octanol–water partition coefficient (Wildman–Crippen LogP) is 7.56. The minimum Gasteiger partial charge on any atom is -0.495 e. The Morgan fingerprint density at radius 3 is 1.89 bits per heavy atom. The summed E-state index contributed by atoms with van der Waals surface area (Å²) in [5.41, 5.74) is 0.320. The van der Waals surface area contributed by atoms with Gasteiger partial charge in [-0.15, -0.1) is 0 Å². The lowest BCUT2D eigenvalue weighted by molar-refractivity contribution is -0.118. The Labute approximate surface area is 382 Å². The van der Waals surface area contributed by atoms with Gasteiger partial charge in [-0.1, -0.05) is 62.2 Å². The van der Waals surface area contributed by atoms with Gasteiger partial charge < -0.3 is 58.0 Å². The molecule has 1 fully saturated rings. The predicted molar refractivity (Wildman–Crippen MR) is 233 cm³/mol. The molecule has 19 heteroatoms. The molecule has 354 valence electrons. The lowest BCUT2D eigenvalue weighted by Gasteiger charge is -2.30. The van der Waals surface area contributed by atoms with Crippen LogP contribution in [0.15, 0.2) is 54.6 Å². The molecule has 1 aliphatic heterocycles. The summed E-state index contributed by atoms with van der Waals surface area (Å²) >= 11 is 12.4. The Bertz CT molecular complexity index is 1940. The number of hydrogen-bond acceptors (Lipinski definition) is 14. The molecule has 4 rings (SSSR count). The van der Waals surface area contributed by atoms with Crippen LogP contribution in [0.25, 0.3) is 0 Å². The molecule has 15 nitrogen and oxygen atoms in total. The zero-order chi connectivity index (χ0) is 46.5. The van der Waals surface area contributed by atoms with Crippen molar-refractivity contribution < 1.29 is 70.5 Å². The number of amides is 1. The summed E-state index contributed by atoms with van der Waals surface area (Å²) in [5, 5.41) is 6.26. The molecule has 0 bridgehead atoms. The Morgan fingerprint density at radius 2 is 1.31 bits per heavy atom. The number of carbonyl (C=O) groups is 3. The summed E-state index contributed by atoms with van der Waals surface area (Å²) in [6.07, 6.45) is -0.580. The molecule has 1 heterocycles. The molecule has 3 aromatic carbocycles. The van der Waals surface area contributed by atoms with Crippen molar-refractivity contribution in [2.45, 2.75) is 51.1 Å². The van der Waals surface area contributed by atoms with Gasteiger partial charge in [-0.3, -0.25) is 4.79 Å². The van der Waals surface area contributed by atoms with Gasteiger partial charge in [-0.25, -0.2) is 18.4 Å². The van der Waals surface area contributed by atoms with Crippen molar-refractivity contribution in [3.05, 3.63) is 93.0 Å². The maximum absolute atomic E-state index is 15.9. The molecule has 1 saturated heterocycles. The van der Waals surface area contributed by atoms with Gasteiger partial charge in [0, 0.05) is 30.0 Å². The van der Waals surface area contributed by atoms with Gasteiger partial charge in [0.25, 0.3) is 0 Å². The van der Waals surface area contributed by atoms with Crippen molar-refractivity contribution in [2.24, 2.45) is 5.41 Å². The fraction of sp³-hybridized carbons (Fsp3) is 0.533. The van der Waals surface area contributed by atoms with E-state index in [2.05, 4.69) is 10.6 Å². The second-order valence-electron chi connectivity index (χ2n) is 15.6. The van der Waals surface area contributed by atoms with E-state index in [4.69, 9.17) is 70.6 Å². The molecule has 0 aliphatic carbocycles. The van der Waals surface area contributed by atoms with Gasteiger partial charge in [-0.05, 0) is 59.4 Å². The number of carbonyl (C=O) groups excluding carboxylic acids is 3. The van der Waals surface area contributed by atoms with E-state index in [1.165, 1.54) is 43.5 Å². The summed E-state index contributed by atoms with van der Waals surface area (Å²) in [7, 11) is 2.95. The van der Waals surface area contributed by atoms with Gasteiger partial charge in [0.15, 0.2) is 0 Å². The first-order valence-corrected chi connectivity index (χ1v) is 21.5.